The molecule has 1 amide bonds. The number of aromatic amines is 1. The molecule has 1 saturated carbocycles. The first kappa shape index (κ1) is 14.8. The molecule has 4 N–H and O–H groups in total. The van der Waals surface area contributed by atoms with Crippen LogP contribution in [0.2, 0.25) is 0 Å². The molecule has 2 aromatic rings. The predicted octanol–water partition coefficient (Wildman–Crippen LogP) is 1.86. The Bertz CT molecular complexity index is 623. The van der Waals surface area contributed by atoms with E-state index in [1.54, 1.807) is 6.20 Å². The number of H-pyrrole nitrogens is 1. The van der Waals surface area contributed by atoms with Crippen LogP contribution < -0.4 is 11.1 Å². The lowest BCUT2D eigenvalue weighted by molar-refractivity contribution is 0.0936. The Morgan fingerprint density at radius 3 is 2.86 bits per heavy atom. The van der Waals surface area contributed by atoms with Crippen molar-refractivity contribution >= 4 is 5.91 Å². The summed E-state index contributed by atoms with van der Waals surface area (Å²) in [6, 6.07) is 10.3. The number of hydrogen-bond acceptors (Lipinski definition) is 3. The summed E-state index contributed by atoms with van der Waals surface area (Å²) >= 11 is 0. The highest BCUT2D eigenvalue weighted by Gasteiger charge is 2.26. The van der Waals surface area contributed by atoms with E-state index in [0.29, 0.717) is 24.4 Å². The number of nitrogens with zero attached hydrogens (tertiary/aromatic N) is 1. The van der Waals surface area contributed by atoms with Gasteiger partial charge in [-0.2, -0.15) is 5.10 Å². The van der Waals surface area contributed by atoms with Gasteiger partial charge in [-0.3, -0.25) is 9.89 Å². The van der Waals surface area contributed by atoms with Gasteiger partial charge in [0.2, 0.25) is 0 Å². The van der Waals surface area contributed by atoms with Gasteiger partial charge in [0, 0.05) is 12.5 Å². The van der Waals surface area contributed by atoms with Gasteiger partial charge < -0.3 is 11.1 Å². The van der Waals surface area contributed by atoms with Crippen LogP contribution in [-0.4, -0.2) is 28.7 Å². The molecule has 0 radical (unpaired) electrons. The Labute approximate surface area is 130 Å². The van der Waals surface area contributed by atoms with Gasteiger partial charge in [0.05, 0.1) is 17.5 Å². The topological polar surface area (TPSA) is 83.8 Å². The zero-order valence-corrected chi connectivity index (χ0v) is 12.6. The molecule has 5 nitrogen and oxygen atoms in total. The van der Waals surface area contributed by atoms with Crippen molar-refractivity contribution in [3.8, 4) is 0 Å². The number of carbonyl (C=O) groups is 1. The monoisotopic (exact) mass is 298 g/mol. The van der Waals surface area contributed by atoms with Gasteiger partial charge in [-0.25, -0.2) is 0 Å². The minimum atomic E-state index is -0.0395. The number of rotatable bonds is 5. The largest absolute Gasteiger partial charge is 0.349 e. The van der Waals surface area contributed by atoms with Crippen molar-refractivity contribution in [2.45, 2.75) is 31.7 Å². The molecular weight excluding hydrogens is 276 g/mol. The Morgan fingerprint density at radius 1 is 1.32 bits per heavy atom. The SMILES string of the molecule is NCC1CCC(NC(=O)c2cn[nH]c2Cc2ccccc2)C1. The van der Waals surface area contributed by atoms with E-state index in [-0.39, 0.29) is 11.9 Å². The Hall–Kier alpha value is -2.14. The second kappa shape index (κ2) is 6.75. The maximum Gasteiger partial charge on any atom is 0.254 e. The van der Waals surface area contributed by atoms with Gasteiger partial charge in [0.25, 0.3) is 5.91 Å². The van der Waals surface area contributed by atoms with Crippen LogP contribution in [-0.2, 0) is 6.42 Å². The van der Waals surface area contributed by atoms with Gasteiger partial charge in [0.15, 0.2) is 0 Å². The lowest BCUT2D eigenvalue weighted by Crippen LogP contribution is -2.33. The normalized spacial score (nSPS) is 21.0. The third-order valence-electron chi connectivity index (χ3n) is 4.40. The highest BCUT2D eigenvalue weighted by molar-refractivity contribution is 5.95. The molecule has 1 aliphatic rings. The molecule has 1 aromatic heterocycles. The standard InChI is InChI=1S/C17H22N4O/c18-10-13-6-7-14(8-13)20-17(22)15-11-19-21-16(15)9-12-4-2-1-3-5-12/h1-5,11,13-14H,6-10,18H2,(H,19,21)(H,20,22). The second-order valence-electron chi connectivity index (χ2n) is 6.01. The molecule has 0 spiro atoms. The number of benzene rings is 1. The molecule has 2 atom stereocenters. The summed E-state index contributed by atoms with van der Waals surface area (Å²) in [7, 11) is 0. The van der Waals surface area contributed by atoms with Crippen LogP contribution in [0.4, 0.5) is 0 Å². The number of hydrogen-bond donors (Lipinski definition) is 3. The van der Waals surface area contributed by atoms with Gasteiger partial charge >= 0.3 is 0 Å². The molecule has 1 fully saturated rings. The van der Waals surface area contributed by atoms with Crippen LogP contribution in [0.1, 0.15) is 40.9 Å². The first-order valence-corrected chi connectivity index (χ1v) is 7.83. The Kier molecular flexibility index (Phi) is 4.53. The smallest absolute Gasteiger partial charge is 0.254 e. The number of aromatic nitrogens is 2. The Morgan fingerprint density at radius 2 is 2.14 bits per heavy atom. The van der Waals surface area contributed by atoms with Crippen molar-refractivity contribution in [1.82, 2.24) is 15.5 Å². The molecule has 1 aliphatic carbocycles. The molecule has 1 heterocycles. The van der Waals surface area contributed by atoms with Crippen molar-refractivity contribution in [1.29, 1.82) is 0 Å². The van der Waals surface area contributed by atoms with Gasteiger partial charge in [-0.05, 0) is 37.3 Å². The molecule has 0 aliphatic heterocycles. The van der Waals surface area contributed by atoms with E-state index in [4.69, 9.17) is 5.73 Å². The maximum absolute atomic E-state index is 12.5. The van der Waals surface area contributed by atoms with Gasteiger partial charge in [-0.15, -0.1) is 0 Å². The fourth-order valence-corrected chi connectivity index (χ4v) is 3.13. The first-order valence-electron chi connectivity index (χ1n) is 7.83. The van der Waals surface area contributed by atoms with E-state index < -0.39 is 0 Å². The zero-order chi connectivity index (χ0) is 15.4. The van der Waals surface area contributed by atoms with Crippen LogP contribution in [0.3, 0.4) is 0 Å². The number of amides is 1. The first-order chi connectivity index (χ1) is 10.8. The van der Waals surface area contributed by atoms with Crippen LogP contribution in [0, 0.1) is 5.92 Å². The van der Waals surface area contributed by atoms with Crippen molar-refractivity contribution in [2.75, 3.05) is 6.54 Å². The van der Waals surface area contributed by atoms with Crippen LogP contribution in [0.25, 0.3) is 0 Å². The summed E-state index contributed by atoms with van der Waals surface area (Å²) in [6.07, 6.45) is 5.39. The van der Waals surface area contributed by atoms with E-state index in [1.165, 1.54) is 0 Å². The van der Waals surface area contributed by atoms with E-state index in [2.05, 4.69) is 15.5 Å². The van der Waals surface area contributed by atoms with E-state index in [0.717, 1.165) is 30.5 Å². The number of nitrogens with two attached hydrogens (primary N) is 1. The molecule has 116 valence electrons. The van der Waals surface area contributed by atoms with Crippen LogP contribution in [0.15, 0.2) is 36.5 Å². The summed E-state index contributed by atoms with van der Waals surface area (Å²) < 4.78 is 0. The molecule has 0 bridgehead atoms. The summed E-state index contributed by atoms with van der Waals surface area (Å²) in [4.78, 5) is 12.5. The summed E-state index contributed by atoms with van der Waals surface area (Å²) in [5, 5.41) is 10.1. The lowest BCUT2D eigenvalue weighted by Gasteiger charge is -2.13. The van der Waals surface area contributed by atoms with E-state index in [9.17, 15) is 4.79 Å². The predicted molar refractivity (Wildman–Crippen MR) is 85.5 cm³/mol. The Balaban J connectivity index is 1.65. The minimum Gasteiger partial charge on any atom is -0.349 e. The molecule has 3 rings (SSSR count). The quantitative estimate of drug-likeness (QED) is 0.787. The fourth-order valence-electron chi connectivity index (χ4n) is 3.13. The second-order valence-corrected chi connectivity index (χ2v) is 6.01. The molecule has 5 heteroatoms. The van der Waals surface area contributed by atoms with Crippen molar-refractivity contribution in [3.63, 3.8) is 0 Å². The highest BCUT2D eigenvalue weighted by atomic mass is 16.1. The highest BCUT2D eigenvalue weighted by Crippen LogP contribution is 2.24. The molecular formula is C17H22N4O. The van der Waals surface area contributed by atoms with Gasteiger partial charge in [0.1, 0.15) is 0 Å². The maximum atomic E-state index is 12.5. The summed E-state index contributed by atoms with van der Waals surface area (Å²) in [6.45, 7) is 0.706. The van der Waals surface area contributed by atoms with Crippen molar-refractivity contribution < 1.29 is 4.79 Å². The van der Waals surface area contributed by atoms with E-state index in [1.807, 2.05) is 30.3 Å². The molecule has 22 heavy (non-hydrogen) atoms. The molecule has 2 unspecified atom stereocenters. The third kappa shape index (κ3) is 3.36. The van der Waals surface area contributed by atoms with Crippen LogP contribution in [0.5, 0.6) is 0 Å². The number of nitrogens with one attached hydrogen (secondary N) is 2. The third-order valence-corrected chi connectivity index (χ3v) is 4.40. The molecule has 0 saturated heterocycles. The van der Waals surface area contributed by atoms with Crippen LogP contribution >= 0.6 is 0 Å². The summed E-state index contributed by atoms with van der Waals surface area (Å²) in [5.41, 5.74) is 8.36. The average molecular weight is 298 g/mol. The fraction of sp³-hybridized carbons (Fsp3) is 0.412. The summed E-state index contributed by atoms with van der Waals surface area (Å²) in [5.74, 6) is 0.501. The molecule has 1 aromatic carbocycles. The van der Waals surface area contributed by atoms with Crippen molar-refractivity contribution in [2.24, 2.45) is 11.7 Å². The average Bonchev–Trinajstić information content (AvgIpc) is 3.17. The van der Waals surface area contributed by atoms with E-state index >= 15 is 0 Å². The van der Waals surface area contributed by atoms with Gasteiger partial charge in [-0.1, -0.05) is 30.3 Å². The lowest BCUT2D eigenvalue weighted by atomic mass is 10.1. The number of carbonyl (C=O) groups excluding carboxylic acids is 1. The minimum absolute atomic E-state index is 0.0395. The van der Waals surface area contributed by atoms with Crippen molar-refractivity contribution in [3.05, 3.63) is 53.3 Å². The zero-order valence-electron chi connectivity index (χ0n) is 12.6.